The maximum Gasteiger partial charge on any atom is 0.224 e. The minimum absolute atomic E-state index is 0.0980. The van der Waals surface area contributed by atoms with Crippen LogP contribution in [0, 0.1) is 5.41 Å². The lowest BCUT2D eigenvalue weighted by molar-refractivity contribution is -0.134. The van der Waals surface area contributed by atoms with Gasteiger partial charge in [0.1, 0.15) is 0 Å². The number of nitrogens with one attached hydrogen (secondary N) is 1. The molecule has 1 heterocycles. The van der Waals surface area contributed by atoms with Crippen LogP contribution in [0.15, 0.2) is 48.5 Å². The molecule has 3 rings (SSSR count). The van der Waals surface area contributed by atoms with Crippen LogP contribution in [0.3, 0.4) is 0 Å². The number of carbonyl (C=O) groups excluding carboxylic acids is 2. The normalized spacial score (nSPS) is 13.8. The highest BCUT2D eigenvalue weighted by Gasteiger charge is 2.29. The van der Waals surface area contributed by atoms with Gasteiger partial charge in [-0.15, -0.1) is 0 Å². The van der Waals surface area contributed by atoms with Crippen LogP contribution in [0.1, 0.15) is 37.8 Å². The second kappa shape index (κ2) is 8.13. The molecule has 0 unspecified atom stereocenters. The Balaban J connectivity index is 1.55. The van der Waals surface area contributed by atoms with Gasteiger partial charge >= 0.3 is 0 Å². The molecule has 0 atom stereocenters. The molecule has 2 aromatic carbocycles. The van der Waals surface area contributed by atoms with E-state index in [0.717, 1.165) is 13.0 Å². The highest BCUT2D eigenvalue weighted by molar-refractivity contribution is 6.30. The number of carbonyl (C=O) groups is 2. The Morgan fingerprint density at radius 2 is 1.70 bits per heavy atom. The molecular weight excluding hydrogens is 360 g/mol. The summed E-state index contributed by atoms with van der Waals surface area (Å²) < 4.78 is 0. The molecule has 0 aliphatic carbocycles. The Bertz CT molecular complexity index is 830. The molecule has 2 amide bonds. The predicted molar refractivity (Wildman–Crippen MR) is 109 cm³/mol. The maximum atomic E-state index is 12.8. The number of fused-ring (bicyclic) bond motifs is 1. The summed E-state index contributed by atoms with van der Waals surface area (Å²) in [6, 6.07) is 15.3. The third-order valence-electron chi connectivity index (χ3n) is 4.88. The molecule has 1 N–H and O–H groups in total. The first kappa shape index (κ1) is 19.4. The molecule has 142 valence electrons. The molecule has 0 bridgehead atoms. The Labute approximate surface area is 165 Å². The van der Waals surface area contributed by atoms with Crippen LogP contribution in [0.2, 0.25) is 5.02 Å². The second-order valence-electron chi connectivity index (χ2n) is 7.91. The molecule has 1 aliphatic heterocycles. The summed E-state index contributed by atoms with van der Waals surface area (Å²) in [4.78, 5) is 27.0. The number of halogens is 1. The van der Waals surface area contributed by atoms with Gasteiger partial charge in [0.25, 0.3) is 0 Å². The molecule has 0 aromatic heterocycles. The number of hydrogen-bond donors (Lipinski definition) is 1. The quantitative estimate of drug-likeness (QED) is 0.814. The van der Waals surface area contributed by atoms with Gasteiger partial charge in [-0.1, -0.05) is 49.7 Å². The maximum absolute atomic E-state index is 12.8. The zero-order valence-corrected chi connectivity index (χ0v) is 16.6. The van der Waals surface area contributed by atoms with Crippen LogP contribution in [-0.2, 0) is 22.6 Å². The molecule has 1 aliphatic rings. The third kappa shape index (κ3) is 5.33. The van der Waals surface area contributed by atoms with Crippen molar-refractivity contribution in [2.24, 2.45) is 5.41 Å². The van der Waals surface area contributed by atoms with Crippen LogP contribution in [0.5, 0.6) is 0 Å². The Kier molecular flexibility index (Phi) is 5.85. The largest absolute Gasteiger partial charge is 0.338 e. The first-order chi connectivity index (χ1) is 12.8. The second-order valence-corrected chi connectivity index (χ2v) is 8.34. The van der Waals surface area contributed by atoms with E-state index in [9.17, 15) is 9.59 Å². The third-order valence-corrected chi connectivity index (χ3v) is 5.13. The van der Waals surface area contributed by atoms with E-state index in [2.05, 4.69) is 17.4 Å². The molecule has 0 fully saturated rings. The standard InChI is InChI=1S/C22H25ClN2O2/c1-22(2,13-20(26)24-19-9-7-18(23)8-10-19)14-21(27)25-12-11-16-5-3-4-6-17(16)15-25/h3-10H,11-15H2,1-2H3,(H,24,26). The summed E-state index contributed by atoms with van der Waals surface area (Å²) in [6.07, 6.45) is 1.52. The average Bonchev–Trinajstić information content (AvgIpc) is 2.62. The number of benzene rings is 2. The van der Waals surface area contributed by atoms with Crippen molar-refractivity contribution in [2.75, 3.05) is 11.9 Å². The van der Waals surface area contributed by atoms with Gasteiger partial charge in [0.05, 0.1) is 0 Å². The average molecular weight is 385 g/mol. The minimum atomic E-state index is -0.412. The highest BCUT2D eigenvalue weighted by Crippen LogP contribution is 2.28. The van der Waals surface area contributed by atoms with Crippen molar-refractivity contribution in [1.29, 1.82) is 0 Å². The fraction of sp³-hybridized carbons (Fsp3) is 0.364. The van der Waals surface area contributed by atoms with Gasteiger partial charge in [-0.2, -0.15) is 0 Å². The van der Waals surface area contributed by atoms with E-state index in [-0.39, 0.29) is 18.2 Å². The van der Waals surface area contributed by atoms with Gasteiger partial charge in [-0.05, 0) is 47.2 Å². The van der Waals surface area contributed by atoms with Gasteiger partial charge in [0, 0.05) is 36.6 Å². The molecule has 0 spiro atoms. The van der Waals surface area contributed by atoms with E-state index in [0.29, 0.717) is 23.7 Å². The summed E-state index contributed by atoms with van der Waals surface area (Å²) in [5, 5.41) is 3.50. The van der Waals surface area contributed by atoms with Crippen molar-refractivity contribution in [3.63, 3.8) is 0 Å². The fourth-order valence-electron chi connectivity index (χ4n) is 3.47. The lowest BCUT2D eigenvalue weighted by Gasteiger charge is -2.32. The molecule has 5 heteroatoms. The van der Waals surface area contributed by atoms with E-state index in [1.165, 1.54) is 11.1 Å². The predicted octanol–water partition coefficient (Wildman–Crippen LogP) is 4.67. The van der Waals surface area contributed by atoms with Crippen LogP contribution in [0.25, 0.3) is 0 Å². The summed E-state index contributed by atoms with van der Waals surface area (Å²) in [6.45, 7) is 5.32. The summed E-state index contributed by atoms with van der Waals surface area (Å²) in [5.41, 5.74) is 2.84. The van der Waals surface area contributed by atoms with Crippen LogP contribution < -0.4 is 5.32 Å². The SMILES string of the molecule is CC(C)(CC(=O)Nc1ccc(Cl)cc1)CC(=O)N1CCc2ccccc2C1. The topological polar surface area (TPSA) is 49.4 Å². The van der Waals surface area contributed by atoms with Crippen molar-refractivity contribution in [3.8, 4) is 0 Å². The fourth-order valence-corrected chi connectivity index (χ4v) is 3.59. The van der Waals surface area contributed by atoms with Gasteiger partial charge in [-0.25, -0.2) is 0 Å². The van der Waals surface area contributed by atoms with Crippen LogP contribution in [-0.4, -0.2) is 23.3 Å². The molecule has 2 aromatic rings. The number of rotatable bonds is 5. The first-order valence-electron chi connectivity index (χ1n) is 9.22. The highest BCUT2D eigenvalue weighted by atomic mass is 35.5. The number of anilines is 1. The van der Waals surface area contributed by atoms with Crippen molar-refractivity contribution < 1.29 is 9.59 Å². The Morgan fingerprint density at radius 1 is 1.04 bits per heavy atom. The lowest BCUT2D eigenvalue weighted by Crippen LogP contribution is -2.38. The van der Waals surface area contributed by atoms with E-state index in [4.69, 9.17) is 11.6 Å². The van der Waals surface area contributed by atoms with Crippen molar-refractivity contribution in [1.82, 2.24) is 4.90 Å². The molecular formula is C22H25ClN2O2. The number of amides is 2. The first-order valence-corrected chi connectivity index (χ1v) is 9.60. The number of nitrogens with zero attached hydrogens (tertiary/aromatic N) is 1. The summed E-state index contributed by atoms with van der Waals surface area (Å²) in [5.74, 6) is 0.00732. The van der Waals surface area contributed by atoms with E-state index >= 15 is 0 Å². The van der Waals surface area contributed by atoms with Crippen LogP contribution >= 0.6 is 11.6 Å². The monoisotopic (exact) mass is 384 g/mol. The van der Waals surface area contributed by atoms with Gasteiger partial charge in [0.2, 0.25) is 11.8 Å². The molecule has 4 nitrogen and oxygen atoms in total. The smallest absolute Gasteiger partial charge is 0.224 e. The zero-order chi connectivity index (χ0) is 19.4. The lowest BCUT2D eigenvalue weighted by atomic mass is 9.84. The van der Waals surface area contributed by atoms with Gasteiger partial charge in [0.15, 0.2) is 0 Å². The van der Waals surface area contributed by atoms with Gasteiger partial charge < -0.3 is 10.2 Å². The van der Waals surface area contributed by atoms with Crippen molar-refractivity contribution in [2.45, 2.75) is 39.7 Å². The zero-order valence-electron chi connectivity index (χ0n) is 15.8. The van der Waals surface area contributed by atoms with Crippen molar-refractivity contribution in [3.05, 3.63) is 64.7 Å². The van der Waals surface area contributed by atoms with Gasteiger partial charge in [-0.3, -0.25) is 9.59 Å². The Morgan fingerprint density at radius 3 is 2.41 bits per heavy atom. The van der Waals surface area contributed by atoms with Crippen molar-refractivity contribution >= 4 is 29.1 Å². The molecule has 0 saturated carbocycles. The number of hydrogen-bond acceptors (Lipinski definition) is 2. The summed E-state index contributed by atoms with van der Waals surface area (Å²) in [7, 11) is 0. The Hall–Kier alpha value is -2.33. The molecule has 0 saturated heterocycles. The minimum Gasteiger partial charge on any atom is -0.338 e. The molecule has 27 heavy (non-hydrogen) atoms. The van der Waals surface area contributed by atoms with E-state index in [1.807, 2.05) is 30.9 Å². The summed E-state index contributed by atoms with van der Waals surface area (Å²) >= 11 is 5.86. The van der Waals surface area contributed by atoms with E-state index < -0.39 is 5.41 Å². The molecule has 0 radical (unpaired) electrons. The van der Waals surface area contributed by atoms with E-state index in [1.54, 1.807) is 24.3 Å². The van der Waals surface area contributed by atoms with Crippen LogP contribution in [0.4, 0.5) is 5.69 Å².